The van der Waals surface area contributed by atoms with Gasteiger partial charge in [0.15, 0.2) is 18.3 Å². The highest BCUT2D eigenvalue weighted by atomic mass is 32.1. The summed E-state index contributed by atoms with van der Waals surface area (Å²) in [4.78, 5) is 28.7. The molecule has 1 unspecified atom stereocenters. The molecular weight excluding hydrogens is 388 g/mol. The van der Waals surface area contributed by atoms with Crippen molar-refractivity contribution in [1.29, 1.82) is 10.5 Å². The van der Waals surface area contributed by atoms with Crippen molar-refractivity contribution in [2.45, 2.75) is 5.92 Å². The molecule has 1 aliphatic rings. The molecule has 1 aromatic heterocycles. The Bertz CT molecular complexity index is 1200. The van der Waals surface area contributed by atoms with Crippen LogP contribution in [-0.2, 0) is 4.79 Å². The van der Waals surface area contributed by atoms with Crippen molar-refractivity contribution in [2.75, 3.05) is 11.9 Å². The quantitative estimate of drug-likeness (QED) is 0.670. The number of carbonyl (C=O) groups excluding carboxylic acids is 2. The molecule has 4 rings (SSSR count). The van der Waals surface area contributed by atoms with Gasteiger partial charge < -0.3 is 10.1 Å². The Hall–Kier alpha value is -4.01. The number of ether oxygens (including phenoxy) is 1. The number of anilines is 1. The molecule has 7 nitrogen and oxygen atoms in total. The van der Waals surface area contributed by atoms with Crippen LogP contribution in [0, 0.1) is 22.7 Å². The van der Waals surface area contributed by atoms with Crippen LogP contribution in [0.2, 0.25) is 0 Å². The number of nitrogens with zero attached hydrogens (tertiary/aromatic N) is 3. The van der Waals surface area contributed by atoms with Crippen molar-refractivity contribution in [1.82, 2.24) is 4.98 Å². The van der Waals surface area contributed by atoms with E-state index >= 15 is 0 Å². The van der Waals surface area contributed by atoms with Gasteiger partial charge in [0.2, 0.25) is 0 Å². The fraction of sp³-hybridized carbons (Fsp3) is 0.0952. The number of nitriles is 2. The number of hydrogen-bond donors (Lipinski definition) is 1. The number of carbonyl (C=O) groups is 2. The Balaban J connectivity index is 1.60. The Morgan fingerprint density at radius 2 is 2.00 bits per heavy atom. The number of thiazole rings is 1. The van der Waals surface area contributed by atoms with Crippen LogP contribution >= 0.6 is 11.3 Å². The maximum atomic E-state index is 12.9. The molecule has 2 heterocycles. The van der Waals surface area contributed by atoms with E-state index in [2.05, 4.69) is 16.4 Å². The normalized spacial score (nSPS) is 13.2. The lowest BCUT2D eigenvalue weighted by Gasteiger charge is -2.18. The first-order chi connectivity index (χ1) is 14.1. The SMILES string of the molecule is N#Cc1ccc(-c2csc(C(C#N)C(=O)c3ccc4c(c3)OCC(=O)N4)n2)cc1. The third kappa shape index (κ3) is 3.57. The van der Waals surface area contributed by atoms with Crippen molar-refractivity contribution in [2.24, 2.45) is 0 Å². The second-order valence-electron chi connectivity index (χ2n) is 6.23. The molecule has 0 fully saturated rings. The van der Waals surface area contributed by atoms with E-state index in [9.17, 15) is 14.9 Å². The van der Waals surface area contributed by atoms with Crippen molar-refractivity contribution in [3.8, 4) is 29.1 Å². The van der Waals surface area contributed by atoms with Gasteiger partial charge in [0.25, 0.3) is 5.91 Å². The van der Waals surface area contributed by atoms with Crippen LogP contribution in [0.4, 0.5) is 5.69 Å². The molecular formula is C21H12N4O3S. The van der Waals surface area contributed by atoms with E-state index in [0.29, 0.717) is 33.3 Å². The molecule has 8 heteroatoms. The summed E-state index contributed by atoms with van der Waals surface area (Å²) in [5.74, 6) is -1.31. The van der Waals surface area contributed by atoms with Gasteiger partial charge in [-0.25, -0.2) is 4.98 Å². The fourth-order valence-electron chi connectivity index (χ4n) is 2.89. The standard InChI is InChI=1S/C21H12N4O3S/c22-8-12-1-3-13(4-2-12)17-11-29-21(25-17)15(9-23)20(27)14-5-6-16-18(7-14)28-10-19(26)24-16/h1-7,11,15H,10H2,(H,24,26). The molecule has 2 aromatic carbocycles. The molecule has 1 amide bonds. The second-order valence-corrected chi connectivity index (χ2v) is 7.12. The number of ketones is 1. The first-order valence-corrected chi connectivity index (χ1v) is 9.43. The lowest BCUT2D eigenvalue weighted by Crippen LogP contribution is -2.25. The summed E-state index contributed by atoms with van der Waals surface area (Å²) in [6.45, 7) is -0.118. The molecule has 0 spiro atoms. The highest BCUT2D eigenvalue weighted by molar-refractivity contribution is 7.10. The van der Waals surface area contributed by atoms with Crippen LogP contribution in [0.3, 0.4) is 0 Å². The van der Waals surface area contributed by atoms with E-state index in [1.807, 2.05) is 6.07 Å². The molecule has 0 radical (unpaired) electrons. The summed E-state index contributed by atoms with van der Waals surface area (Å²) >= 11 is 1.23. The monoisotopic (exact) mass is 400 g/mol. The number of hydrogen-bond acceptors (Lipinski definition) is 7. The lowest BCUT2D eigenvalue weighted by molar-refractivity contribution is -0.118. The third-order valence-electron chi connectivity index (χ3n) is 4.37. The van der Waals surface area contributed by atoms with Crippen molar-refractivity contribution in [3.63, 3.8) is 0 Å². The van der Waals surface area contributed by atoms with Crippen molar-refractivity contribution >= 4 is 28.7 Å². The van der Waals surface area contributed by atoms with Gasteiger partial charge in [0.05, 0.1) is 29.1 Å². The smallest absolute Gasteiger partial charge is 0.262 e. The number of rotatable bonds is 4. The van der Waals surface area contributed by atoms with Gasteiger partial charge in [-0.3, -0.25) is 9.59 Å². The summed E-state index contributed by atoms with van der Waals surface area (Å²) in [6.07, 6.45) is 0. The van der Waals surface area contributed by atoms with E-state index in [1.165, 1.54) is 17.4 Å². The molecule has 1 aliphatic heterocycles. The van der Waals surface area contributed by atoms with Crippen LogP contribution in [0.15, 0.2) is 47.8 Å². The van der Waals surface area contributed by atoms with Gasteiger partial charge >= 0.3 is 0 Å². The zero-order chi connectivity index (χ0) is 20.4. The van der Waals surface area contributed by atoms with E-state index in [1.54, 1.807) is 41.8 Å². The molecule has 1 N–H and O–H groups in total. The van der Waals surface area contributed by atoms with E-state index < -0.39 is 11.7 Å². The summed E-state index contributed by atoms with van der Waals surface area (Å²) in [6, 6.07) is 15.7. The van der Waals surface area contributed by atoms with E-state index in [4.69, 9.17) is 10.00 Å². The zero-order valence-electron chi connectivity index (χ0n) is 14.9. The average molecular weight is 400 g/mol. The molecule has 29 heavy (non-hydrogen) atoms. The third-order valence-corrected chi connectivity index (χ3v) is 5.28. The molecule has 140 valence electrons. The highest BCUT2D eigenvalue weighted by Crippen LogP contribution is 2.32. The summed E-state index contributed by atoms with van der Waals surface area (Å²) in [7, 11) is 0. The summed E-state index contributed by atoms with van der Waals surface area (Å²) in [5, 5.41) is 23.3. The van der Waals surface area contributed by atoms with E-state index in [-0.39, 0.29) is 12.5 Å². The van der Waals surface area contributed by atoms with Crippen LogP contribution in [0.5, 0.6) is 5.75 Å². The second kappa shape index (κ2) is 7.55. The van der Waals surface area contributed by atoms with Gasteiger partial charge in [-0.2, -0.15) is 10.5 Å². The van der Waals surface area contributed by atoms with Crippen LogP contribution in [0.25, 0.3) is 11.3 Å². The first kappa shape index (κ1) is 18.4. The van der Waals surface area contributed by atoms with Crippen LogP contribution in [0.1, 0.15) is 26.8 Å². The molecule has 0 saturated heterocycles. The van der Waals surface area contributed by atoms with Gasteiger partial charge in [-0.1, -0.05) is 12.1 Å². The molecule has 3 aromatic rings. The number of fused-ring (bicyclic) bond motifs is 1. The Kier molecular flexibility index (Phi) is 4.78. The predicted octanol–water partition coefficient (Wildman–Crippen LogP) is 3.50. The minimum Gasteiger partial charge on any atom is -0.482 e. The topological polar surface area (TPSA) is 116 Å². The Morgan fingerprint density at radius 3 is 2.72 bits per heavy atom. The Labute approximate surface area is 169 Å². The number of aromatic nitrogens is 1. The first-order valence-electron chi connectivity index (χ1n) is 8.55. The van der Waals surface area contributed by atoms with Crippen LogP contribution in [-0.4, -0.2) is 23.3 Å². The van der Waals surface area contributed by atoms with Gasteiger partial charge in [0, 0.05) is 16.5 Å². The molecule has 0 aliphatic carbocycles. The number of amides is 1. The summed E-state index contributed by atoms with van der Waals surface area (Å²) < 4.78 is 5.34. The highest BCUT2D eigenvalue weighted by Gasteiger charge is 2.27. The van der Waals surface area contributed by atoms with Gasteiger partial charge in [-0.15, -0.1) is 11.3 Å². The lowest BCUT2D eigenvalue weighted by atomic mass is 9.98. The maximum absolute atomic E-state index is 12.9. The minimum absolute atomic E-state index is 0.118. The van der Waals surface area contributed by atoms with Crippen molar-refractivity contribution in [3.05, 3.63) is 64.0 Å². The van der Waals surface area contributed by atoms with E-state index in [0.717, 1.165) is 5.56 Å². The maximum Gasteiger partial charge on any atom is 0.262 e. The predicted molar refractivity (Wildman–Crippen MR) is 106 cm³/mol. The number of benzene rings is 2. The molecule has 1 atom stereocenters. The average Bonchev–Trinajstić information content (AvgIpc) is 3.23. The fourth-order valence-corrected chi connectivity index (χ4v) is 3.76. The molecule has 0 bridgehead atoms. The zero-order valence-corrected chi connectivity index (χ0v) is 15.7. The summed E-state index contributed by atoms with van der Waals surface area (Å²) in [5.41, 5.74) is 2.78. The number of nitrogens with one attached hydrogen (secondary N) is 1. The number of Topliss-reactive ketones (excluding diaryl/α,β-unsaturated/α-hetero) is 1. The molecule has 0 saturated carbocycles. The van der Waals surface area contributed by atoms with Crippen molar-refractivity contribution < 1.29 is 14.3 Å². The van der Waals surface area contributed by atoms with Gasteiger partial charge in [-0.05, 0) is 30.3 Å². The largest absolute Gasteiger partial charge is 0.482 e. The van der Waals surface area contributed by atoms with Gasteiger partial charge in [0.1, 0.15) is 10.8 Å². The Morgan fingerprint density at radius 1 is 1.21 bits per heavy atom. The minimum atomic E-state index is -1.05. The van der Waals surface area contributed by atoms with Crippen LogP contribution < -0.4 is 10.1 Å².